The van der Waals surface area contributed by atoms with Crippen LogP contribution in [0.25, 0.3) is 6.08 Å². The molecule has 0 fully saturated rings. The summed E-state index contributed by atoms with van der Waals surface area (Å²) in [5, 5.41) is 2.45. The second kappa shape index (κ2) is 5.75. The number of nitrogens with one attached hydrogen (secondary N) is 1. The Bertz CT molecular complexity index is 381. The van der Waals surface area contributed by atoms with Crippen molar-refractivity contribution in [1.82, 2.24) is 5.32 Å². The van der Waals surface area contributed by atoms with Gasteiger partial charge >= 0.3 is 5.97 Å². The van der Waals surface area contributed by atoms with E-state index in [0.29, 0.717) is 5.76 Å². The number of ether oxygens (including phenoxy) is 1. The number of hydrogen-bond acceptors (Lipinski definition) is 4. The summed E-state index contributed by atoms with van der Waals surface area (Å²) in [6, 6.07) is 2.76. The van der Waals surface area contributed by atoms with E-state index >= 15 is 0 Å². The lowest BCUT2D eigenvalue weighted by molar-refractivity contribution is -0.144. The zero-order valence-corrected chi connectivity index (χ0v) is 9.10. The zero-order valence-electron chi connectivity index (χ0n) is 9.10. The Labute approximate surface area is 93.1 Å². The van der Waals surface area contributed by atoms with Gasteiger partial charge in [0.15, 0.2) is 0 Å². The van der Waals surface area contributed by atoms with Crippen molar-refractivity contribution < 1.29 is 18.7 Å². The van der Waals surface area contributed by atoms with Crippen molar-refractivity contribution in [3.8, 4) is 0 Å². The molecule has 86 valence electrons. The first kappa shape index (κ1) is 12.0. The number of methoxy groups -OCH3 is 1. The normalized spacial score (nSPS) is 12.4. The van der Waals surface area contributed by atoms with E-state index in [0.717, 1.165) is 0 Å². The quantitative estimate of drug-likeness (QED) is 0.610. The summed E-state index contributed by atoms with van der Waals surface area (Å²) in [5.41, 5.74) is 0. The molecule has 0 spiro atoms. The van der Waals surface area contributed by atoms with Crippen LogP contribution in [0.2, 0.25) is 0 Å². The number of amides is 1. The minimum atomic E-state index is -0.668. The van der Waals surface area contributed by atoms with Crippen molar-refractivity contribution in [3.63, 3.8) is 0 Å². The molecular formula is C11H13NO4. The van der Waals surface area contributed by atoms with Gasteiger partial charge in [0.05, 0.1) is 13.4 Å². The number of esters is 1. The summed E-state index contributed by atoms with van der Waals surface area (Å²) in [6.45, 7) is 1.55. The van der Waals surface area contributed by atoms with E-state index in [1.807, 2.05) is 0 Å². The van der Waals surface area contributed by atoms with Crippen LogP contribution in [-0.4, -0.2) is 25.0 Å². The third-order valence-electron chi connectivity index (χ3n) is 1.86. The molecule has 5 nitrogen and oxygen atoms in total. The average Bonchev–Trinajstić information content (AvgIpc) is 2.78. The fourth-order valence-corrected chi connectivity index (χ4v) is 1.04. The van der Waals surface area contributed by atoms with Gasteiger partial charge in [0.25, 0.3) is 0 Å². The van der Waals surface area contributed by atoms with Gasteiger partial charge < -0.3 is 14.5 Å². The van der Waals surface area contributed by atoms with Crippen molar-refractivity contribution in [1.29, 1.82) is 0 Å². The van der Waals surface area contributed by atoms with Crippen LogP contribution in [0.4, 0.5) is 0 Å². The van der Waals surface area contributed by atoms with Crippen LogP contribution in [-0.2, 0) is 14.3 Å². The molecule has 1 aromatic rings. The molecule has 1 atom stereocenters. The molecule has 1 amide bonds. The molecule has 0 aliphatic heterocycles. The third-order valence-corrected chi connectivity index (χ3v) is 1.86. The van der Waals surface area contributed by atoms with E-state index in [-0.39, 0.29) is 5.91 Å². The average molecular weight is 223 g/mol. The lowest BCUT2D eigenvalue weighted by Crippen LogP contribution is -2.38. The highest BCUT2D eigenvalue weighted by Gasteiger charge is 2.13. The van der Waals surface area contributed by atoms with Gasteiger partial charge in [0.1, 0.15) is 11.8 Å². The van der Waals surface area contributed by atoms with Crippen LogP contribution < -0.4 is 5.32 Å². The first-order chi connectivity index (χ1) is 7.63. The van der Waals surface area contributed by atoms with Gasteiger partial charge in [0.2, 0.25) is 5.91 Å². The van der Waals surface area contributed by atoms with E-state index in [4.69, 9.17) is 4.42 Å². The summed E-state index contributed by atoms with van der Waals surface area (Å²) in [5.74, 6) is -0.296. The number of hydrogen-bond donors (Lipinski definition) is 1. The van der Waals surface area contributed by atoms with E-state index in [9.17, 15) is 9.59 Å². The first-order valence-corrected chi connectivity index (χ1v) is 4.73. The van der Waals surface area contributed by atoms with Crippen molar-refractivity contribution >= 4 is 18.0 Å². The second-order valence-corrected chi connectivity index (χ2v) is 3.10. The number of carbonyl (C=O) groups excluding carboxylic acids is 2. The highest BCUT2D eigenvalue weighted by molar-refractivity contribution is 5.94. The molecule has 0 aromatic carbocycles. The Balaban J connectivity index is 2.45. The number of rotatable bonds is 4. The van der Waals surface area contributed by atoms with E-state index < -0.39 is 12.0 Å². The van der Waals surface area contributed by atoms with Crippen LogP contribution in [0.15, 0.2) is 28.9 Å². The molecular weight excluding hydrogens is 210 g/mol. The molecule has 1 heterocycles. The van der Waals surface area contributed by atoms with Gasteiger partial charge in [0, 0.05) is 6.08 Å². The molecule has 5 heteroatoms. The molecule has 0 unspecified atom stereocenters. The maximum atomic E-state index is 11.3. The molecule has 0 aliphatic carbocycles. The van der Waals surface area contributed by atoms with Gasteiger partial charge in [-0.3, -0.25) is 4.79 Å². The SMILES string of the molecule is COC(=O)[C@H](C)NC(=O)/C=C/c1ccco1. The summed E-state index contributed by atoms with van der Waals surface area (Å²) >= 11 is 0. The van der Waals surface area contributed by atoms with Crippen LogP contribution in [0.5, 0.6) is 0 Å². The number of carbonyl (C=O) groups is 2. The van der Waals surface area contributed by atoms with Crippen molar-refractivity contribution in [2.24, 2.45) is 0 Å². The highest BCUT2D eigenvalue weighted by atomic mass is 16.5. The molecule has 0 bridgehead atoms. The fraction of sp³-hybridized carbons (Fsp3) is 0.273. The molecule has 0 aliphatic rings. The summed E-state index contributed by atoms with van der Waals surface area (Å²) in [4.78, 5) is 22.3. The van der Waals surface area contributed by atoms with Gasteiger partial charge in [-0.05, 0) is 25.1 Å². The van der Waals surface area contributed by atoms with E-state index in [1.165, 1.54) is 25.5 Å². The third kappa shape index (κ3) is 3.61. The van der Waals surface area contributed by atoms with Gasteiger partial charge in [-0.15, -0.1) is 0 Å². The van der Waals surface area contributed by atoms with Gasteiger partial charge in [-0.1, -0.05) is 0 Å². The zero-order chi connectivity index (χ0) is 12.0. The first-order valence-electron chi connectivity index (χ1n) is 4.73. The molecule has 0 saturated carbocycles. The van der Waals surface area contributed by atoms with Gasteiger partial charge in [-0.25, -0.2) is 4.79 Å². The van der Waals surface area contributed by atoms with Crippen LogP contribution in [0, 0.1) is 0 Å². The molecule has 1 rings (SSSR count). The van der Waals surface area contributed by atoms with Crippen LogP contribution in [0.1, 0.15) is 12.7 Å². The Hall–Kier alpha value is -2.04. The molecule has 1 N–H and O–H groups in total. The van der Waals surface area contributed by atoms with Crippen LogP contribution in [0.3, 0.4) is 0 Å². The summed E-state index contributed by atoms with van der Waals surface area (Å²) < 4.78 is 9.47. The number of furan rings is 1. The standard InChI is InChI=1S/C11H13NO4/c1-8(11(14)15-2)12-10(13)6-5-9-4-3-7-16-9/h3-8H,1-2H3,(H,12,13)/b6-5+/t8-/m0/s1. The van der Waals surface area contributed by atoms with Gasteiger partial charge in [-0.2, -0.15) is 0 Å². The molecule has 16 heavy (non-hydrogen) atoms. The smallest absolute Gasteiger partial charge is 0.328 e. The largest absolute Gasteiger partial charge is 0.467 e. The second-order valence-electron chi connectivity index (χ2n) is 3.10. The monoisotopic (exact) mass is 223 g/mol. The Morgan fingerprint density at radius 1 is 1.56 bits per heavy atom. The minimum Gasteiger partial charge on any atom is -0.467 e. The minimum absolute atomic E-state index is 0.380. The predicted molar refractivity (Wildman–Crippen MR) is 57.4 cm³/mol. The van der Waals surface area contributed by atoms with Crippen LogP contribution >= 0.6 is 0 Å². The van der Waals surface area contributed by atoms with Crippen molar-refractivity contribution in [3.05, 3.63) is 30.2 Å². The Morgan fingerprint density at radius 3 is 2.88 bits per heavy atom. The van der Waals surface area contributed by atoms with E-state index in [1.54, 1.807) is 19.1 Å². The predicted octanol–water partition coefficient (Wildman–Crippen LogP) is 0.970. The summed E-state index contributed by atoms with van der Waals surface area (Å²) in [7, 11) is 1.27. The highest BCUT2D eigenvalue weighted by Crippen LogP contribution is 2.01. The van der Waals surface area contributed by atoms with Crippen molar-refractivity contribution in [2.75, 3.05) is 7.11 Å². The molecule has 1 aromatic heterocycles. The maximum absolute atomic E-state index is 11.3. The molecule has 0 radical (unpaired) electrons. The van der Waals surface area contributed by atoms with Crippen molar-refractivity contribution in [2.45, 2.75) is 13.0 Å². The Kier molecular flexibility index (Phi) is 4.32. The summed E-state index contributed by atoms with van der Waals surface area (Å²) in [6.07, 6.45) is 4.31. The maximum Gasteiger partial charge on any atom is 0.328 e. The molecule has 0 saturated heterocycles. The topological polar surface area (TPSA) is 68.5 Å². The fourth-order valence-electron chi connectivity index (χ4n) is 1.04. The lowest BCUT2D eigenvalue weighted by Gasteiger charge is -2.08. The Morgan fingerprint density at radius 2 is 2.31 bits per heavy atom. The van der Waals surface area contributed by atoms with E-state index in [2.05, 4.69) is 10.1 Å². The lowest BCUT2D eigenvalue weighted by atomic mass is 10.3.